The number of alkyl halides is 3. The Balaban J connectivity index is 2.04. The molecule has 1 fully saturated rings. The monoisotopic (exact) mass is 300 g/mol. The number of anilines is 1. The van der Waals surface area contributed by atoms with Crippen LogP contribution in [0.1, 0.15) is 6.42 Å². The van der Waals surface area contributed by atoms with Gasteiger partial charge in [-0.15, -0.1) is 11.3 Å². The van der Waals surface area contributed by atoms with Crippen LogP contribution < -0.4 is 4.90 Å². The summed E-state index contributed by atoms with van der Waals surface area (Å²) in [7, 11) is 0. The number of hydrogen-bond acceptors (Lipinski definition) is 3. The highest BCUT2D eigenvalue weighted by Crippen LogP contribution is 2.36. The molecule has 0 amide bonds. The predicted molar refractivity (Wildman–Crippen MR) is 56.2 cm³/mol. The van der Waals surface area contributed by atoms with E-state index in [9.17, 15) is 13.2 Å². The number of thiazole rings is 1. The van der Waals surface area contributed by atoms with E-state index >= 15 is 0 Å². The van der Waals surface area contributed by atoms with E-state index in [0.29, 0.717) is 16.3 Å². The SMILES string of the molecule is FC(F)(F)C1CCN(c2nc(Br)cs2)C1. The van der Waals surface area contributed by atoms with Gasteiger partial charge in [0.2, 0.25) is 0 Å². The molecule has 2 rings (SSSR count). The Bertz CT molecular complexity index is 352. The summed E-state index contributed by atoms with van der Waals surface area (Å²) in [6.45, 7) is 0.466. The van der Waals surface area contributed by atoms with Crippen molar-refractivity contribution in [2.75, 3.05) is 18.0 Å². The third-order valence-electron chi connectivity index (χ3n) is 2.39. The number of aromatic nitrogens is 1. The highest BCUT2D eigenvalue weighted by Gasteiger charge is 2.44. The van der Waals surface area contributed by atoms with Gasteiger partial charge < -0.3 is 4.90 Å². The first-order valence-corrected chi connectivity index (χ1v) is 6.07. The lowest BCUT2D eigenvalue weighted by atomic mass is 10.1. The van der Waals surface area contributed by atoms with Gasteiger partial charge in [-0.3, -0.25) is 0 Å². The van der Waals surface area contributed by atoms with Crippen molar-refractivity contribution in [2.24, 2.45) is 5.92 Å². The van der Waals surface area contributed by atoms with Gasteiger partial charge in [-0.05, 0) is 22.4 Å². The third-order valence-corrected chi connectivity index (χ3v) is 4.00. The van der Waals surface area contributed by atoms with E-state index in [1.165, 1.54) is 11.3 Å². The number of hydrogen-bond donors (Lipinski definition) is 0. The minimum atomic E-state index is -4.08. The van der Waals surface area contributed by atoms with Crippen LogP contribution in [0.2, 0.25) is 0 Å². The van der Waals surface area contributed by atoms with Crippen LogP contribution in [0.4, 0.5) is 18.3 Å². The number of halogens is 4. The maximum Gasteiger partial charge on any atom is 0.393 e. The molecule has 0 radical (unpaired) electrons. The Morgan fingerprint density at radius 1 is 1.53 bits per heavy atom. The van der Waals surface area contributed by atoms with E-state index in [0.717, 1.165) is 0 Å². The smallest absolute Gasteiger partial charge is 0.347 e. The van der Waals surface area contributed by atoms with Gasteiger partial charge >= 0.3 is 6.18 Å². The van der Waals surface area contributed by atoms with Gasteiger partial charge in [0.1, 0.15) is 4.60 Å². The molecular weight excluding hydrogens is 293 g/mol. The topological polar surface area (TPSA) is 16.1 Å². The molecule has 0 bridgehead atoms. The fourth-order valence-corrected chi connectivity index (χ4v) is 2.88. The molecule has 0 spiro atoms. The zero-order valence-corrected chi connectivity index (χ0v) is 9.99. The van der Waals surface area contributed by atoms with Crippen LogP contribution in [0.5, 0.6) is 0 Å². The van der Waals surface area contributed by atoms with E-state index in [4.69, 9.17) is 0 Å². The Morgan fingerprint density at radius 2 is 2.27 bits per heavy atom. The van der Waals surface area contributed by atoms with Gasteiger partial charge in [-0.1, -0.05) is 0 Å². The van der Waals surface area contributed by atoms with Crippen LogP contribution in [-0.2, 0) is 0 Å². The maximum absolute atomic E-state index is 12.4. The molecule has 84 valence electrons. The van der Waals surface area contributed by atoms with Crippen molar-refractivity contribution in [3.05, 3.63) is 9.98 Å². The molecule has 15 heavy (non-hydrogen) atoms. The third kappa shape index (κ3) is 2.44. The lowest BCUT2D eigenvalue weighted by molar-refractivity contribution is -0.168. The van der Waals surface area contributed by atoms with Crippen LogP contribution in [0.3, 0.4) is 0 Å². The zero-order valence-electron chi connectivity index (χ0n) is 7.59. The van der Waals surface area contributed by atoms with Crippen LogP contribution >= 0.6 is 27.3 Å². The summed E-state index contributed by atoms with van der Waals surface area (Å²) < 4.78 is 37.9. The molecule has 0 saturated carbocycles. The van der Waals surface area contributed by atoms with E-state index in [1.807, 2.05) is 0 Å². The van der Waals surface area contributed by atoms with E-state index in [2.05, 4.69) is 20.9 Å². The standard InChI is InChI=1S/C8H8BrF3N2S/c9-6-4-15-7(13-6)14-2-1-5(3-14)8(10,11)12/h4-5H,1-3H2. The summed E-state index contributed by atoms with van der Waals surface area (Å²) >= 11 is 4.54. The molecule has 2 nitrogen and oxygen atoms in total. The molecule has 1 unspecified atom stereocenters. The lowest BCUT2D eigenvalue weighted by Crippen LogP contribution is -2.27. The summed E-state index contributed by atoms with van der Waals surface area (Å²) in [4.78, 5) is 5.79. The summed E-state index contributed by atoms with van der Waals surface area (Å²) in [5.41, 5.74) is 0. The molecule has 0 aliphatic carbocycles. The van der Waals surface area contributed by atoms with Crippen molar-refractivity contribution in [3.63, 3.8) is 0 Å². The Kier molecular flexibility index (Phi) is 2.94. The number of rotatable bonds is 1. The van der Waals surface area contributed by atoms with Crippen LogP contribution in [0, 0.1) is 5.92 Å². The first-order chi connectivity index (χ1) is 6.97. The molecule has 7 heteroatoms. The van der Waals surface area contributed by atoms with E-state index < -0.39 is 12.1 Å². The molecule has 1 aliphatic heterocycles. The Labute approximate surface area is 97.2 Å². The van der Waals surface area contributed by atoms with Gasteiger partial charge in [0.25, 0.3) is 0 Å². The summed E-state index contributed by atoms with van der Waals surface area (Å²) in [6.07, 6.45) is -3.91. The van der Waals surface area contributed by atoms with Crippen molar-refractivity contribution in [2.45, 2.75) is 12.6 Å². The molecule has 1 aromatic rings. The van der Waals surface area contributed by atoms with Crippen LogP contribution in [0.15, 0.2) is 9.98 Å². The highest BCUT2D eigenvalue weighted by molar-refractivity contribution is 9.10. The molecule has 1 atom stereocenters. The molecule has 1 saturated heterocycles. The van der Waals surface area contributed by atoms with E-state index in [1.54, 1.807) is 10.3 Å². The number of nitrogens with zero attached hydrogens (tertiary/aromatic N) is 2. The molecule has 1 aromatic heterocycles. The molecule has 1 aliphatic rings. The van der Waals surface area contributed by atoms with Gasteiger partial charge in [-0.2, -0.15) is 13.2 Å². The second-order valence-electron chi connectivity index (χ2n) is 3.43. The van der Waals surface area contributed by atoms with Gasteiger partial charge in [0.05, 0.1) is 5.92 Å². The largest absolute Gasteiger partial charge is 0.393 e. The first kappa shape index (κ1) is 11.2. The fourth-order valence-electron chi connectivity index (χ4n) is 1.59. The summed E-state index contributed by atoms with van der Waals surface area (Å²) in [5, 5.41) is 2.43. The van der Waals surface area contributed by atoms with Crippen molar-refractivity contribution < 1.29 is 13.2 Å². The van der Waals surface area contributed by atoms with Gasteiger partial charge in [0.15, 0.2) is 5.13 Å². The minimum absolute atomic E-state index is 0.0312. The first-order valence-electron chi connectivity index (χ1n) is 4.39. The van der Waals surface area contributed by atoms with Crippen molar-refractivity contribution in [1.29, 1.82) is 0 Å². The van der Waals surface area contributed by atoms with Crippen LogP contribution in [0.25, 0.3) is 0 Å². The molecule has 0 N–H and O–H groups in total. The fraction of sp³-hybridized carbons (Fsp3) is 0.625. The zero-order chi connectivity index (χ0) is 11.1. The highest BCUT2D eigenvalue weighted by atomic mass is 79.9. The summed E-state index contributed by atoms with van der Waals surface area (Å²) in [5.74, 6) is -1.21. The van der Waals surface area contributed by atoms with Crippen LogP contribution in [-0.4, -0.2) is 24.2 Å². The maximum atomic E-state index is 12.4. The van der Waals surface area contributed by atoms with E-state index in [-0.39, 0.29) is 13.0 Å². The van der Waals surface area contributed by atoms with Crippen molar-refractivity contribution in [1.82, 2.24) is 4.98 Å². The summed E-state index contributed by atoms with van der Waals surface area (Å²) in [6, 6.07) is 0. The average Bonchev–Trinajstić information content (AvgIpc) is 2.69. The average molecular weight is 301 g/mol. The normalized spacial score (nSPS) is 22.4. The molecule has 0 aromatic carbocycles. The Morgan fingerprint density at radius 3 is 2.73 bits per heavy atom. The second kappa shape index (κ2) is 3.93. The Hall–Kier alpha value is -0.300. The van der Waals surface area contributed by atoms with Crippen molar-refractivity contribution >= 4 is 32.4 Å². The quantitative estimate of drug-likeness (QED) is 0.791. The molecule has 2 heterocycles. The second-order valence-corrected chi connectivity index (χ2v) is 5.08. The lowest BCUT2D eigenvalue weighted by Gasteiger charge is -2.16. The predicted octanol–water partition coefficient (Wildman–Crippen LogP) is 3.29. The van der Waals surface area contributed by atoms with Gasteiger partial charge in [0, 0.05) is 18.5 Å². The molecular formula is C8H8BrF3N2S. The van der Waals surface area contributed by atoms with Crippen molar-refractivity contribution in [3.8, 4) is 0 Å². The van der Waals surface area contributed by atoms with Gasteiger partial charge in [-0.25, -0.2) is 4.98 Å². The minimum Gasteiger partial charge on any atom is -0.347 e.